The standard InChI is InChI=1S/C28H47N2P2Si.C5H5.Fe/c1-33(2,3)21-13-22(27-15-18-10-19(16-27)12-20(11-18)24(27)17-31)23(14-21)28(32,25-6-4-8-29-25)26-7-5-9-30-26;1-2-4-5-3-1;/h13-14,18-20,24-26,29-30H,4-12,15-17,31-32H2,1-3H3;1-5H;/q2*-1;+2. The molecule has 7 unspecified atom stereocenters. The Morgan fingerprint density at radius 3 is 2.00 bits per heavy atom. The van der Waals surface area contributed by atoms with Crippen LogP contribution in [0.15, 0.2) is 42.5 Å². The second-order valence-corrected chi connectivity index (χ2v) is 21.1. The van der Waals surface area contributed by atoms with E-state index in [1.807, 2.05) is 35.9 Å². The van der Waals surface area contributed by atoms with Crippen LogP contribution in [0.1, 0.15) is 68.9 Å². The van der Waals surface area contributed by atoms with Gasteiger partial charge >= 0.3 is 17.1 Å². The Morgan fingerprint density at radius 2 is 1.56 bits per heavy atom. The largest absolute Gasteiger partial charge is 2.00 e. The molecule has 2 aromatic rings. The van der Waals surface area contributed by atoms with Gasteiger partial charge in [-0.1, -0.05) is 37.9 Å². The zero-order valence-electron chi connectivity index (χ0n) is 24.5. The maximum absolute atomic E-state index is 3.99. The first kappa shape index (κ1) is 30.7. The van der Waals surface area contributed by atoms with Crippen LogP contribution in [-0.2, 0) is 27.6 Å². The molecule has 2 heterocycles. The van der Waals surface area contributed by atoms with E-state index in [4.69, 9.17) is 0 Å². The van der Waals surface area contributed by atoms with Crippen LogP contribution in [-0.4, -0.2) is 39.4 Å². The molecule has 0 amide bonds. The van der Waals surface area contributed by atoms with Crippen LogP contribution in [0.5, 0.6) is 0 Å². The van der Waals surface area contributed by atoms with Gasteiger partial charge in [0.15, 0.2) is 0 Å². The average molecular weight is 623 g/mol. The molecule has 216 valence electrons. The molecule has 2 aromatic carbocycles. The summed E-state index contributed by atoms with van der Waals surface area (Å²) in [7, 11) is 5.32. The van der Waals surface area contributed by atoms with Crippen molar-refractivity contribution >= 4 is 31.7 Å². The van der Waals surface area contributed by atoms with Gasteiger partial charge in [0.1, 0.15) is 0 Å². The van der Waals surface area contributed by atoms with E-state index in [1.54, 1.807) is 10.8 Å². The SMILES string of the molecule is C[Si](C)(C)c1cc(C23CC4CC(CC(C4)C2CP)C3)c(C(P)(C2CCCN2)C2CCCN2)[cH-]1.[Fe+2].c1cc[cH-]c1. The summed E-state index contributed by atoms with van der Waals surface area (Å²) in [6, 6.07) is 16.7. The van der Waals surface area contributed by atoms with Crippen molar-refractivity contribution in [3.63, 3.8) is 0 Å². The Hall–Kier alpha value is 0.216. The van der Waals surface area contributed by atoms with Gasteiger partial charge in [-0.25, -0.2) is 18.2 Å². The molecular weight excluding hydrogens is 570 g/mol. The summed E-state index contributed by atoms with van der Waals surface area (Å²) < 4.78 is 0. The van der Waals surface area contributed by atoms with Gasteiger partial charge in [-0.2, -0.15) is 40.6 Å². The summed E-state index contributed by atoms with van der Waals surface area (Å²) >= 11 is 0. The predicted octanol–water partition coefficient (Wildman–Crippen LogP) is 6.50. The molecule has 0 spiro atoms. The molecule has 0 aromatic heterocycles. The van der Waals surface area contributed by atoms with Gasteiger partial charge in [0.25, 0.3) is 0 Å². The molecule has 6 heteroatoms. The minimum atomic E-state index is -1.40. The van der Waals surface area contributed by atoms with E-state index in [-0.39, 0.29) is 22.2 Å². The van der Waals surface area contributed by atoms with Gasteiger partial charge < -0.3 is 10.6 Å². The average Bonchev–Trinajstić information content (AvgIpc) is 3.72. The van der Waals surface area contributed by atoms with E-state index < -0.39 is 8.07 Å². The number of hydrogen-bond acceptors (Lipinski definition) is 2. The zero-order valence-corrected chi connectivity index (χ0v) is 28.9. The minimum Gasteiger partial charge on any atom is -0.313 e. The van der Waals surface area contributed by atoms with Crippen LogP contribution in [0.25, 0.3) is 0 Å². The molecule has 7 atom stereocenters. The molecule has 4 aliphatic carbocycles. The van der Waals surface area contributed by atoms with Gasteiger partial charge in [0.05, 0.1) is 8.07 Å². The number of hydrogen-bond donors (Lipinski definition) is 2. The van der Waals surface area contributed by atoms with E-state index >= 15 is 0 Å². The fourth-order valence-corrected chi connectivity index (χ4v) is 12.6. The topological polar surface area (TPSA) is 24.1 Å². The maximum atomic E-state index is 3.99. The van der Waals surface area contributed by atoms with Gasteiger partial charge in [-0.15, -0.1) is 18.5 Å². The molecule has 6 aliphatic rings. The molecule has 2 saturated heterocycles. The van der Waals surface area contributed by atoms with Crippen LogP contribution < -0.4 is 15.8 Å². The predicted molar refractivity (Wildman–Crippen MR) is 174 cm³/mol. The molecule has 6 fully saturated rings. The molecule has 8 rings (SSSR count). The molecule has 4 bridgehead atoms. The Kier molecular flexibility index (Phi) is 9.49. The van der Waals surface area contributed by atoms with E-state index in [2.05, 4.69) is 60.9 Å². The Balaban J connectivity index is 0.000000464. The van der Waals surface area contributed by atoms with Gasteiger partial charge in [0, 0.05) is 17.2 Å². The van der Waals surface area contributed by atoms with Crippen LogP contribution in [0.3, 0.4) is 0 Å². The third kappa shape index (κ3) is 5.53. The van der Waals surface area contributed by atoms with E-state index in [9.17, 15) is 0 Å². The smallest absolute Gasteiger partial charge is 0.313 e. The summed E-state index contributed by atoms with van der Waals surface area (Å²) in [6.07, 6.45) is 14.1. The van der Waals surface area contributed by atoms with E-state index in [0.29, 0.717) is 17.5 Å². The molecule has 39 heavy (non-hydrogen) atoms. The van der Waals surface area contributed by atoms with Crippen LogP contribution >= 0.6 is 18.5 Å². The monoisotopic (exact) mass is 622 g/mol. The first-order valence-corrected chi connectivity index (χ1v) is 20.6. The fraction of sp³-hybridized carbons (Fsp3) is 0.697. The van der Waals surface area contributed by atoms with Crippen molar-refractivity contribution in [2.24, 2.45) is 23.7 Å². The first-order chi connectivity index (χ1) is 18.3. The summed E-state index contributed by atoms with van der Waals surface area (Å²) in [6.45, 7) is 10.1. The summed E-state index contributed by atoms with van der Waals surface area (Å²) in [5.74, 6) is 3.82. The van der Waals surface area contributed by atoms with Crippen molar-refractivity contribution in [3.8, 4) is 0 Å². The Morgan fingerprint density at radius 1 is 0.974 bits per heavy atom. The molecular formula is C33H52FeN2P2Si. The molecule has 4 saturated carbocycles. The Labute approximate surface area is 255 Å². The number of nitrogens with one attached hydrogen (secondary N) is 2. The maximum Gasteiger partial charge on any atom is 2.00 e. The second kappa shape index (κ2) is 12.1. The van der Waals surface area contributed by atoms with Crippen LogP contribution in [0, 0.1) is 23.7 Å². The van der Waals surface area contributed by atoms with Crippen molar-refractivity contribution in [1.29, 1.82) is 0 Å². The summed E-state index contributed by atoms with van der Waals surface area (Å²) in [4.78, 5) is 0. The molecule has 2 aliphatic heterocycles. The van der Waals surface area contributed by atoms with Gasteiger partial charge in [0.2, 0.25) is 0 Å². The summed E-state index contributed by atoms with van der Waals surface area (Å²) in [5, 5.41) is 9.82. The second-order valence-electron chi connectivity index (χ2n) is 14.6. The third-order valence-corrected chi connectivity index (χ3v) is 15.0. The molecule has 2 nitrogen and oxygen atoms in total. The third-order valence-electron chi connectivity index (χ3n) is 11.4. The minimum absolute atomic E-state index is 0. The zero-order chi connectivity index (χ0) is 26.5. The van der Waals surface area contributed by atoms with Crippen molar-refractivity contribution in [1.82, 2.24) is 10.6 Å². The van der Waals surface area contributed by atoms with Crippen molar-refractivity contribution in [3.05, 3.63) is 53.6 Å². The number of rotatable bonds is 6. The van der Waals surface area contributed by atoms with Crippen LogP contribution in [0.2, 0.25) is 19.6 Å². The normalized spacial score (nSPS) is 36.7. The quantitative estimate of drug-likeness (QED) is 0.219. The van der Waals surface area contributed by atoms with Crippen molar-refractivity contribution in [2.75, 3.05) is 19.3 Å². The van der Waals surface area contributed by atoms with E-state index in [0.717, 1.165) is 23.7 Å². The van der Waals surface area contributed by atoms with E-state index in [1.165, 1.54) is 77.0 Å². The summed E-state index contributed by atoms with van der Waals surface area (Å²) in [5.41, 5.74) is 4.00. The van der Waals surface area contributed by atoms with Gasteiger partial charge in [-0.05, 0) is 87.9 Å². The Bertz CT molecular complexity index is 997. The molecule has 0 radical (unpaired) electrons. The van der Waals surface area contributed by atoms with Crippen LogP contribution in [0.4, 0.5) is 0 Å². The molecule has 2 N–H and O–H groups in total. The fourth-order valence-electron chi connectivity index (χ4n) is 9.82. The van der Waals surface area contributed by atoms with Crippen molar-refractivity contribution in [2.45, 2.75) is 100 Å². The van der Waals surface area contributed by atoms with Gasteiger partial charge in [-0.3, -0.25) is 0 Å². The first-order valence-electron chi connectivity index (χ1n) is 15.7. The van der Waals surface area contributed by atoms with Crippen molar-refractivity contribution < 1.29 is 17.1 Å².